The lowest BCUT2D eigenvalue weighted by molar-refractivity contribution is 0.458. The van der Waals surface area contributed by atoms with Crippen LogP contribution in [-0.4, -0.2) is 5.11 Å². The van der Waals surface area contributed by atoms with Gasteiger partial charge in [0.25, 0.3) is 0 Å². The highest BCUT2D eigenvalue weighted by Crippen LogP contribution is 2.27. The van der Waals surface area contributed by atoms with Crippen molar-refractivity contribution in [3.8, 4) is 11.8 Å². The van der Waals surface area contributed by atoms with Gasteiger partial charge in [-0.1, -0.05) is 18.2 Å². The SMILES string of the molecule is Cc1cccc([C@@H](N)CC#N)c1O. The quantitative estimate of drug-likeness (QED) is 0.719. The zero-order chi connectivity index (χ0) is 9.84. The summed E-state index contributed by atoms with van der Waals surface area (Å²) in [6.45, 7) is 1.80. The average Bonchev–Trinajstić information content (AvgIpc) is 2.10. The Kier molecular flexibility index (Phi) is 2.88. The van der Waals surface area contributed by atoms with Gasteiger partial charge in [0.1, 0.15) is 5.75 Å². The van der Waals surface area contributed by atoms with Gasteiger partial charge in [-0.2, -0.15) is 5.26 Å². The molecule has 0 amide bonds. The Bertz CT molecular complexity index is 341. The molecule has 0 aromatic heterocycles. The number of nitriles is 1. The molecule has 0 bridgehead atoms. The maximum atomic E-state index is 9.61. The van der Waals surface area contributed by atoms with E-state index in [2.05, 4.69) is 0 Å². The summed E-state index contributed by atoms with van der Waals surface area (Å²) in [5.41, 5.74) is 7.12. The minimum Gasteiger partial charge on any atom is -0.507 e. The normalized spacial score (nSPS) is 12.1. The Morgan fingerprint density at radius 3 is 2.92 bits per heavy atom. The molecule has 0 heterocycles. The van der Waals surface area contributed by atoms with E-state index in [1.807, 2.05) is 12.1 Å². The van der Waals surface area contributed by atoms with Crippen LogP contribution in [0.5, 0.6) is 5.75 Å². The van der Waals surface area contributed by atoms with Gasteiger partial charge in [-0.25, -0.2) is 0 Å². The van der Waals surface area contributed by atoms with Crippen LogP contribution in [0.2, 0.25) is 0 Å². The summed E-state index contributed by atoms with van der Waals surface area (Å²) in [5, 5.41) is 18.1. The predicted molar refractivity (Wildman–Crippen MR) is 50.0 cm³/mol. The Morgan fingerprint density at radius 2 is 2.31 bits per heavy atom. The molecule has 1 atom stereocenters. The largest absolute Gasteiger partial charge is 0.507 e. The number of aromatic hydroxyl groups is 1. The van der Waals surface area contributed by atoms with Crippen molar-refractivity contribution in [1.29, 1.82) is 5.26 Å². The van der Waals surface area contributed by atoms with Crippen LogP contribution in [-0.2, 0) is 0 Å². The number of para-hydroxylation sites is 1. The van der Waals surface area contributed by atoms with E-state index in [0.29, 0.717) is 5.56 Å². The van der Waals surface area contributed by atoms with E-state index in [9.17, 15) is 5.11 Å². The molecule has 68 valence electrons. The number of rotatable bonds is 2. The van der Waals surface area contributed by atoms with Crippen molar-refractivity contribution in [3.63, 3.8) is 0 Å². The fraction of sp³-hybridized carbons (Fsp3) is 0.300. The molecule has 1 aromatic carbocycles. The molecule has 0 unspecified atom stereocenters. The van der Waals surface area contributed by atoms with Gasteiger partial charge in [0.15, 0.2) is 0 Å². The van der Waals surface area contributed by atoms with Crippen molar-refractivity contribution in [1.82, 2.24) is 0 Å². The molecule has 0 spiro atoms. The van der Waals surface area contributed by atoms with Crippen molar-refractivity contribution >= 4 is 0 Å². The Balaban J connectivity index is 3.02. The van der Waals surface area contributed by atoms with Gasteiger partial charge in [0.2, 0.25) is 0 Å². The number of nitrogens with two attached hydrogens (primary N) is 1. The first-order valence-corrected chi connectivity index (χ1v) is 4.08. The van der Waals surface area contributed by atoms with Gasteiger partial charge >= 0.3 is 0 Å². The summed E-state index contributed by atoms with van der Waals surface area (Å²) in [6, 6.07) is 6.94. The summed E-state index contributed by atoms with van der Waals surface area (Å²) in [4.78, 5) is 0. The summed E-state index contributed by atoms with van der Waals surface area (Å²) in [6.07, 6.45) is 0.219. The van der Waals surface area contributed by atoms with Crippen molar-refractivity contribution in [3.05, 3.63) is 29.3 Å². The predicted octanol–water partition coefficient (Wildman–Crippen LogP) is 1.61. The lowest BCUT2D eigenvalue weighted by Gasteiger charge is -2.11. The number of phenols is 1. The molecule has 1 rings (SSSR count). The molecule has 13 heavy (non-hydrogen) atoms. The van der Waals surface area contributed by atoms with Gasteiger partial charge < -0.3 is 10.8 Å². The van der Waals surface area contributed by atoms with Crippen LogP contribution >= 0.6 is 0 Å². The summed E-state index contributed by atoms with van der Waals surface area (Å²) < 4.78 is 0. The van der Waals surface area contributed by atoms with Crippen LogP contribution in [0.15, 0.2) is 18.2 Å². The van der Waals surface area contributed by atoms with Gasteiger partial charge in [-0.05, 0) is 12.5 Å². The number of phenolic OH excluding ortho intramolecular Hbond substituents is 1. The molecule has 0 fully saturated rings. The molecule has 0 saturated carbocycles. The van der Waals surface area contributed by atoms with Crippen LogP contribution in [0.3, 0.4) is 0 Å². The first-order chi connectivity index (χ1) is 6.16. The Morgan fingerprint density at radius 1 is 1.62 bits per heavy atom. The third kappa shape index (κ3) is 1.98. The Labute approximate surface area is 77.4 Å². The summed E-state index contributed by atoms with van der Waals surface area (Å²) in [5.74, 6) is 0.199. The van der Waals surface area contributed by atoms with E-state index < -0.39 is 6.04 Å². The number of aryl methyl sites for hydroxylation is 1. The van der Waals surface area contributed by atoms with Crippen LogP contribution in [0.4, 0.5) is 0 Å². The second-order valence-electron chi connectivity index (χ2n) is 2.98. The van der Waals surface area contributed by atoms with E-state index in [0.717, 1.165) is 5.56 Å². The highest BCUT2D eigenvalue weighted by atomic mass is 16.3. The van der Waals surface area contributed by atoms with Crippen LogP contribution < -0.4 is 5.73 Å². The number of hydrogen-bond donors (Lipinski definition) is 2. The van der Waals surface area contributed by atoms with Crippen molar-refractivity contribution < 1.29 is 5.11 Å². The monoisotopic (exact) mass is 176 g/mol. The maximum Gasteiger partial charge on any atom is 0.123 e. The highest BCUT2D eigenvalue weighted by Gasteiger charge is 2.10. The second kappa shape index (κ2) is 3.92. The van der Waals surface area contributed by atoms with Crippen LogP contribution in [0.25, 0.3) is 0 Å². The molecule has 1 aromatic rings. The maximum absolute atomic E-state index is 9.61. The van der Waals surface area contributed by atoms with Crippen molar-refractivity contribution in [2.24, 2.45) is 5.73 Å². The van der Waals surface area contributed by atoms with E-state index in [1.165, 1.54) is 0 Å². The van der Waals surface area contributed by atoms with Crippen molar-refractivity contribution in [2.45, 2.75) is 19.4 Å². The zero-order valence-corrected chi connectivity index (χ0v) is 7.49. The van der Waals surface area contributed by atoms with E-state index in [1.54, 1.807) is 19.1 Å². The molecule has 3 N–H and O–H groups in total. The molecule has 3 nitrogen and oxygen atoms in total. The Hall–Kier alpha value is -1.53. The number of benzene rings is 1. The van der Waals surface area contributed by atoms with E-state index >= 15 is 0 Å². The van der Waals surface area contributed by atoms with Gasteiger partial charge in [-0.15, -0.1) is 0 Å². The zero-order valence-electron chi connectivity index (χ0n) is 7.49. The van der Waals surface area contributed by atoms with Gasteiger partial charge in [0, 0.05) is 11.6 Å². The highest BCUT2D eigenvalue weighted by molar-refractivity contribution is 5.41. The summed E-state index contributed by atoms with van der Waals surface area (Å²) >= 11 is 0. The third-order valence-electron chi connectivity index (χ3n) is 1.98. The molecular formula is C10H12N2O. The van der Waals surface area contributed by atoms with Gasteiger partial charge in [-0.3, -0.25) is 0 Å². The van der Waals surface area contributed by atoms with E-state index in [-0.39, 0.29) is 12.2 Å². The second-order valence-corrected chi connectivity index (χ2v) is 2.98. The lowest BCUT2D eigenvalue weighted by Crippen LogP contribution is -2.09. The molecular weight excluding hydrogens is 164 g/mol. The third-order valence-corrected chi connectivity index (χ3v) is 1.98. The molecule has 0 aliphatic carbocycles. The molecule has 0 saturated heterocycles. The first-order valence-electron chi connectivity index (χ1n) is 4.08. The number of nitrogens with zero attached hydrogens (tertiary/aromatic N) is 1. The van der Waals surface area contributed by atoms with Crippen molar-refractivity contribution in [2.75, 3.05) is 0 Å². The fourth-order valence-corrected chi connectivity index (χ4v) is 1.19. The summed E-state index contributed by atoms with van der Waals surface area (Å²) in [7, 11) is 0. The molecule has 3 heteroatoms. The lowest BCUT2D eigenvalue weighted by atomic mass is 10.0. The first kappa shape index (κ1) is 9.56. The standard InChI is InChI=1S/C10H12N2O/c1-7-3-2-4-8(10(7)13)9(12)5-6-11/h2-4,9,13H,5,12H2,1H3/t9-/m0/s1. The van der Waals surface area contributed by atoms with E-state index in [4.69, 9.17) is 11.0 Å². The molecule has 0 aliphatic heterocycles. The topological polar surface area (TPSA) is 70.0 Å². The minimum absolute atomic E-state index is 0.199. The smallest absolute Gasteiger partial charge is 0.123 e. The number of hydrogen-bond acceptors (Lipinski definition) is 3. The fourth-order valence-electron chi connectivity index (χ4n) is 1.19. The molecule has 0 radical (unpaired) electrons. The minimum atomic E-state index is -0.398. The van der Waals surface area contributed by atoms with Gasteiger partial charge in [0.05, 0.1) is 12.5 Å². The van der Waals surface area contributed by atoms with Crippen LogP contribution in [0, 0.1) is 18.3 Å². The average molecular weight is 176 g/mol. The molecule has 0 aliphatic rings. The van der Waals surface area contributed by atoms with Crippen LogP contribution in [0.1, 0.15) is 23.6 Å².